The van der Waals surface area contributed by atoms with Gasteiger partial charge in [0.05, 0.1) is 24.7 Å². The Morgan fingerprint density at radius 2 is 2.03 bits per heavy atom. The number of hydrogen-bond donors (Lipinski definition) is 1. The molecule has 0 atom stereocenters. The lowest BCUT2D eigenvalue weighted by atomic mass is 10.2. The molecule has 1 aliphatic rings. The molecule has 0 unspecified atom stereocenters. The quantitative estimate of drug-likeness (QED) is 0.242. The first-order valence-electron chi connectivity index (χ1n) is 12.3. The number of carbonyl (C=O) groups excluding carboxylic acids is 1. The van der Waals surface area contributed by atoms with E-state index in [1.807, 2.05) is 29.6 Å². The van der Waals surface area contributed by atoms with Gasteiger partial charge in [0, 0.05) is 43.0 Å². The second-order valence-electron chi connectivity index (χ2n) is 8.65. The van der Waals surface area contributed by atoms with Crippen molar-refractivity contribution in [3.63, 3.8) is 0 Å². The van der Waals surface area contributed by atoms with E-state index in [0.717, 1.165) is 72.1 Å². The second-order valence-corrected chi connectivity index (χ2v) is 10.5. The van der Waals surface area contributed by atoms with Crippen LogP contribution in [0.3, 0.4) is 0 Å². The van der Waals surface area contributed by atoms with Crippen LogP contribution in [-0.2, 0) is 10.5 Å². The maximum atomic E-state index is 12.6. The van der Waals surface area contributed by atoms with E-state index in [4.69, 9.17) is 4.74 Å². The average molecular weight is 536 g/mol. The first-order valence-corrected chi connectivity index (χ1v) is 14.1. The molecule has 1 saturated heterocycles. The number of carbonyl (C=O) groups is 1. The summed E-state index contributed by atoms with van der Waals surface area (Å²) in [7, 11) is 0. The molecule has 0 aliphatic carbocycles. The molecule has 4 aromatic rings. The topological polar surface area (TPSA) is 98.1 Å². The van der Waals surface area contributed by atoms with Gasteiger partial charge in [-0.25, -0.2) is 4.98 Å². The molecule has 1 amide bonds. The van der Waals surface area contributed by atoms with E-state index in [1.165, 1.54) is 11.3 Å². The molecule has 1 aromatic carbocycles. The van der Waals surface area contributed by atoms with Crippen LogP contribution in [0.5, 0.6) is 0 Å². The molecule has 1 fully saturated rings. The molecule has 0 radical (unpaired) electrons. The molecular weight excluding hydrogens is 506 g/mol. The van der Waals surface area contributed by atoms with Gasteiger partial charge in [0.25, 0.3) is 5.91 Å². The van der Waals surface area contributed by atoms with Crippen molar-refractivity contribution in [1.29, 1.82) is 0 Å². The lowest BCUT2D eigenvalue weighted by Crippen LogP contribution is -2.38. The number of nitrogens with one attached hydrogen (secondary N) is 1. The Morgan fingerprint density at radius 1 is 1.16 bits per heavy atom. The minimum atomic E-state index is -0.128. The number of thioether (sulfide) groups is 1. The van der Waals surface area contributed by atoms with Crippen molar-refractivity contribution in [3.05, 3.63) is 70.4 Å². The third-order valence-electron chi connectivity index (χ3n) is 6.06. The standard InChI is InChI=1S/C26H29N7O2S2/c1-19-6-2-3-8-22(19)33-24(20-7-4-9-27-16-20)30-31-26(33)37-18-23-29-21(17-36-23)25(34)28-10-5-11-32-12-14-35-15-13-32/h2-4,6-9,16-17H,5,10-15,18H2,1H3,(H,28,34). The van der Waals surface area contributed by atoms with Crippen molar-refractivity contribution in [3.8, 4) is 17.1 Å². The number of rotatable bonds is 10. The Bertz CT molecular complexity index is 1320. The van der Waals surface area contributed by atoms with E-state index in [2.05, 4.69) is 54.0 Å². The van der Waals surface area contributed by atoms with Crippen LogP contribution in [0.15, 0.2) is 59.3 Å². The number of para-hydroxylation sites is 1. The highest BCUT2D eigenvalue weighted by Gasteiger charge is 2.19. The lowest BCUT2D eigenvalue weighted by molar-refractivity contribution is 0.0374. The van der Waals surface area contributed by atoms with Gasteiger partial charge in [-0.15, -0.1) is 21.5 Å². The third kappa shape index (κ3) is 6.42. The molecule has 4 heterocycles. The predicted molar refractivity (Wildman–Crippen MR) is 145 cm³/mol. The van der Waals surface area contributed by atoms with Crippen LogP contribution in [0.1, 0.15) is 27.5 Å². The predicted octanol–water partition coefficient (Wildman–Crippen LogP) is 3.84. The summed E-state index contributed by atoms with van der Waals surface area (Å²) in [6.07, 6.45) is 4.44. The fourth-order valence-corrected chi connectivity index (χ4v) is 5.84. The zero-order valence-corrected chi connectivity index (χ0v) is 22.3. The molecule has 3 aromatic heterocycles. The van der Waals surface area contributed by atoms with E-state index in [0.29, 0.717) is 18.0 Å². The van der Waals surface area contributed by atoms with E-state index >= 15 is 0 Å². The van der Waals surface area contributed by atoms with Crippen molar-refractivity contribution < 1.29 is 9.53 Å². The number of aromatic nitrogens is 5. The number of benzene rings is 1. The number of thiazole rings is 1. The summed E-state index contributed by atoms with van der Waals surface area (Å²) in [6.45, 7) is 7.17. The summed E-state index contributed by atoms with van der Waals surface area (Å²) in [4.78, 5) is 23.8. The molecule has 11 heteroatoms. The monoisotopic (exact) mass is 535 g/mol. The molecule has 37 heavy (non-hydrogen) atoms. The smallest absolute Gasteiger partial charge is 0.270 e. The van der Waals surface area contributed by atoms with Crippen LogP contribution in [0.25, 0.3) is 17.1 Å². The molecule has 1 aliphatic heterocycles. The van der Waals surface area contributed by atoms with E-state index < -0.39 is 0 Å². The van der Waals surface area contributed by atoms with Crippen LogP contribution in [0.4, 0.5) is 0 Å². The maximum Gasteiger partial charge on any atom is 0.270 e. The molecule has 1 N–H and O–H groups in total. The number of morpholine rings is 1. The first-order chi connectivity index (χ1) is 18.2. The minimum Gasteiger partial charge on any atom is -0.379 e. The number of nitrogens with zero attached hydrogens (tertiary/aromatic N) is 6. The Morgan fingerprint density at radius 3 is 2.84 bits per heavy atom. The highest BCUT2D eigenvalue weighted by molar-refractivity contribution is 7.98. The molecule has 5 rings (SSSR count). The highest BCUT2D eigenvalue weighted by atomic mass is 32.2. The SMILES string of the molecule is Cc1ccccc1-n1c(SCc2nc(C(=O)NCCCN3CCOCC3)cs2)nnc1-c1cccnc1. The van der Waals surface area contributed by atoms with Gasteiger partial charge in [0.2, 0.25) is 0 Å². The Hall–Kier alpha value is -3.12. The van der Waals surface area contributed by atoms with Gasteiger partial charge in [-0.3, -0.25) is 19.2 Å². The van der Waals surface area contributed by atoms with Crippen LogP contribution in [-0.4, -0.2) is 74.9 Å². The summed E-state index contributed by atoms with van der Waals surface area (Å²) in [6, 6.07) is 12.0. The first kappa shape index (κ1) is 25.5. The van der Waals surface area contributed by atoms with Crippen molar-refractivity contribution in [1.82, 2.24) is 34.9 Å². The molecule has 0 bridgehead atoms. The van der Waals surface area contributed by atoms with Crippen LogP contribution >= 0.6 is 23.1 Å². The maximum absolute atomic E-state index is 12.6. The van der Waals surface area contributed by atoms with Crippen molar-refractivity contribution in [2.24, 2.45) is 0 Å². The number of pyridine rings is 1. The molecule has 0 spiro atoms. The fraction of sp³-hybridized carbons (Fsp3) is 0.346. The van der Waals surface area contributed by atoms with Gasteiger partial charge in [-0.2, -0.15) is 0 Å². The Labute approximate surface area is 224 Å². The number of aryl methyl sites for hydroxylation is 1. The van der Waals surface area contributed by atoms with Crippen LogP contribution in [0.2, 0.25) is 0 Å². The van der Waals surface area contributed by atoms with Crippen molar-refractivity contribution >= 4 is 29.0 Å². The van der Waals surface area contributed by atoms with Crippen LogP contribution < -0.4 is 5.32 Å². The van der Waals surface area contributed by atoms with Crippen molar-refractivity contribution in [2.75, 3.05) is 39.4 Å². The zero-order chi connectivity index (χ0) is 25.5. The van der Waals surface area contributed by atoms with E-state index in [-0.39, 0.29) is 5.91 Å². The Balaban J connectivity index is 1.22. The molecule has 0 saturated carbocycles. The van der Waals surface area contributed by atoms with Gasteiger partial charge >= 0.3 is 0 Å². The van der Waals surface area contributed by atoms with E-state index in [9.17, 15) is 4.79 Å². The second kappa shape index (κ2) is 12.4. The molecular formula is C26H29N7O2S2. The van der Waals surface area contributed by atoms with Gasteiger partial charge < -0.3 is 10.1 Å². The van der Waals surface area contributed by atoms with Crippen LogP contribution in [0, 0.1) is 6.92 Å². The summed E-state index contributed by atoms with van der Waals surface area (Å²) in [5, 5.41) is 15.4. The third-order valence-corrected chi connectivity index (χ3v) is 8.03. The lowest BCUT2D eigenvalue weighted by Gasteiger charge is -2.26. The van der Waals surface area contributed by atoms with Crippen molar-refractivity contribution in [2.45, 2.75) is 24.3 Å². The van der Waals surface area contributed by atoms with Gasteiger partial charge in [-0.1, -0.05) is 30.0 Å². The highest BCUT2D eigenvalue weighted by Crippen LogP contribution is 2.31. The largest absolute Gasteiger partial charge is 0.379 e. The molecule has 192 valence electrons. The zero-order valence-electron chi connectivity index (χ0n) is 20.7. The Kier molecular flexibility index (Phi) is 8.57. The minimum absolute atomic E-state index is 0.128. The summed E-state index contributed by atoms with van der Waals surface area (Å²) in [5.41, 5.74) is 3.50. The molecule has 9 nitrogen and oxygen atoms in total. The summed E-state index contributed by atoms with van der Waals surface area (Å²) >= 11 is 3.04. The van der Waals surface area contributed by atoms with E-state index in [1.54, 1.807) is 24.2 Å². The fourth-order valence-electron chi connectivity index (χ4n) is 4.10. The van der Waals surface area contributed by atoms with Gasteiger partial charge in [0.1, 0.15) is 10.7 Å². The summed E-state index contributed by atoms with van der Waals surface area (Å²) in [5.74, 6) is 1.20. The summed E-state index contributed by atoms with van der Waals surface area (Å²) < 4.78 is 7.44. The number of amides is 1. The normalized spacial score (nSPS) is 14.1. The number of hydrogen-bond acceptors (Lipinski definition) is 9. The van der Waals surface area contributed by atoms with Gasteiger partial charge in [0.15, 0.2) is 11.0 Å². The average Bonchev–Trinajstić information content (AvgIpc) is 3.59. The van der Waals surface area contributed by atoms with Gasteiger partial charge in [-0.05, 0) is 43.7 Å². The number of ether oxygens (including phenoxy) is 1.